The number of rotatable bonds is 0. The van der Waals surface area contributed by atoms with Crippen LogP contribution in [0.1, 0.15) is 0 Å². The molecule has 5 heteroatoms. The van der Waals surface area contributed by atoms with Gasteiger partial charge in [-0.05, 0) is 18.2 Å². The van der Waals surface area contributed by atoms with Gasteiger partial charge in [-0.3, -0.25) is 14.8 Å². The Bertz CT molecular complexity index is 801. The minimum atomic E-state index is -0.499. The summed E-state index contributed by atoms with van der Waals surface area (Å²) in [7, 11) is 0. The molecule has 78 valence electrons. The Morgan fingerprint density at radius 2 is 2.00 bits per heavy atom. The quantitative estimate of drug-likeness (QED) is 0.541. The molecule has 0 spiro atoms. The maximum atomic E-state index is 11.5. The van der Waals surface area contributed by atoms with E-state index >= 15 is 0 Å². The second-order valence-corrected chi connectivity index (χ2v) is 3.50. The number of hydrogen-bond acceptors (Lipinski definition) is 3. The summed E-state index contributed by atoms with van der Waals surface area (Å²) in [6.45, 7) is 0. The van der Waals surface area contributed by atoms with E-state index in [0.29, 0.717) is 10.9 Å². The molecule has 2 heterocycles. The molecular weight excluding hydrogens is 206 g/mol. The Labute approximate surface area is 88.8 Å². The highest BCUT2D eigenvalue weighted by atomic mass is 16.2. The van der Waals surface area contributed by atoms with Gasteiger partial charge in [0.2, 0.25) is 0 Å². The number of fused-ring (bicyclic) bond motifs is 2. The van der Waals surface area contributed by atoms with Crippen molar-refractivity contribution in [3.8, 4) is 0 Å². The Kier molecular flexibility index (Phi) is 1.67. The van der Waals surface area contributed by atoms with Crippen LogP contribution >= 0.6 is 0 Å². The van der Waals surface area contributed by atoms with Crippen molar-refractivity contribution < 1.29 is 0 Å². The maximum Gasteiger partial charge on any atom is 0.326 e. The van der Waals surface area contributed by atoms with Gasteiger partial charge in [-0.15, -0.1) is 0 Å². The van der Waals surface area contributed by atoms with E-state index < -0.39 is 11.2 Å². The molecule has 3 rings (SSSR count). The van der Waals surface area contributed by atoms with Gasteiger partial charge in [0.1, 0.15) is 0 Å². The number of nitrogens with one attached hydrogen (secondary N) is 2. The van der Waals surface area contributed by atoms with E-state index in [1.54, 1.807) is 24.4 Å². The molecule has 1 aromatic carbocycles. The Hall–Kier alpha value is -2.43. The van der Waals surface area contributed by atoms with E-state index in [0.717, 1.165) is 10.9 Å². The molecule has 0 radical (unpaired) electrons. The van der Waals surface area contributed by atoms with Gasteiger partial charge in [0.15, 0.2) is 0 Å². The highest BCUT2D eigenvalue weighted by molar-refractivity contribution is 5.93. The molecule has 0 unspecified atom stereocenters. The summed E-state index contributed by atoms with van der Waals surface area (Å²) < 4.78 is 0. The Morgan fingerprint density at radius 1 is 1.12 bits per heavy atom. The topological polar surface area (TPSA) is 78.6 Å². The van der Waals surface area contributed by atoms with E-state index in [1.165, 1.54) is 0 Å². The second-order valence-electron chi connectivity index (χ2n) is 3.50. The summed E-state index contributed by atoms with van der Waals surface area (Å²) in [6.07, 6.45) is 1.66. The van der Waals surface area contributed by atoms with E-state index in [9.17, 15) is 9.59 Å². The van der Waals surface area contributed by atoms with Crippen LogP contribution in [0.3, 0.4) is 0 Å². The maximum absolute atomic E-state index is 11.5. The molecule has 0 bridgehead atoms. The average molecular weight is 213 g/mol. The number of benzene rings is 1. The lowest BCUT2D eigenvalue weighted by molar-refractivity contribution is 1.08. The van der Waals surface area contributed by atoms with Crippen molar-refractivity contribution in [3.05, 3.63) is 51.3 Å². The summed E-state index contributed by atoms with van der Waals surface area (Å²) in [5.74, 6) is 0. The summed E-state index contributed by atoms with van der Waals surface area (Å²) >= 11 is 0. The fourth-order valence-electron chi connectivity index (χ4n) is 1.74. The molecule has 3 aromatic rings. The molecule has 5 nitrogen and oxygen atoms in total. The SMILES string of the molecule is O=c1[nH]c(=O)c2cc3ncccc3cc2[nH]1. The van der Waals surface area contributed by atoms with Crippen LogP contribution < -0.4 is 11.2 Å². The van der Waals surface area contributed by atoms with Crippen molar-refractivity contribution in [3.63, 3.8) is 0 Å². The molecule has 2 N–H and O–H groups in total. The normalized spacial score (nSPS) is 11.0. The fourth-order valence-corrected chi connectivity index (χ4v) is 1.74. The lowest BCUT2D eigenvalue weighted by Gasteiger charge is -1.99. The lowest BCUT2D eigenvalue weighted by atomic mass is 10.1. The molecule has 0 saturated heterocycles. The predicted molar refractivity (Wildman–Crippen MR) is 60.5 cm³/mol. The van der Waals surface area contributed by atoms with E-state index in [4.69, 9.17) is 0 Å². The second kappa shape index (κ2) is 3.03. The highest BCUT2D eigenvalue weighted by Gasteiger charge is 2.02. The van der Waals surface area contributed by atoms with Crippen LogP contribution in [-0.2, 0) is 0 Å². The molecule has 0 saturated carbocycles. The number of hydrogen-bond donors (Lipinski definition) is 2. The first-order chi connectivity index (χ1) is 7.74. The minimum Gasteiger partial charge on any atom is -0.307 e. The molecule has 0 atom stereocenters. The van der Waals surface area contributed by atoms with Gasteiger partial charge in [-0.25, -0.2) is 4.79 Å². The smallest absolute Gasteiger partial charge is 0.307 e. The average Bonchev–Trinajstić information content (AvgIpc) is 2.27. The van der Waals surface area contributed by atoms with E-state index in [1.807, 2.05) is 6.07 Å². The van der Waals surface area contributed by atoms with Crippen molar-refractivity contribution in [2.24, 2.45) is 0 Å². The van der Waals surface area contributed by atoms with Crippen molar-refractivity contribution >= 4 is 21.8 Å². The van der Waals surface area contributed by atoms with Gasteiger partial charge >= 0.3 is 5.69 Å². The third-order valence-corrected chi connectivity index (χ3v) is 2.46. The van der Waals surface area contributed by atoms with Crippen molar-refractivity contribution in [1.29, 1.82) is 0 Å². The van der Waals surface area contributed by atoms with Gasteiger partial charge in [0.05, 0.1) is 16.4 Å². The van der Waals surface area contributed by atoms with Gasteiger partial charge in [0, 0.05) is 11.6 Å². The first-order valence-electron chi connectivity index (χ1n) is 4.75. The van der Waals surface area contributed by atoms with Crippen LogP contribution in [0, 0.1) is 0 Å². The fraction of sp³-hybridized carbons (Fsp3) is 0. The van der Waals surface area contributed by atoms with Crippen LogP contribution in [0.15, 0.2) is 40.1 Å². The Balaban J connectivity index is 2.61. The van der Waals surface area contributed by atoms with Crippen LogP contribution in [-0.4, -0.2) is 15.0 Å². The number of pyridine rings is 1. The monoisotopic (exact) mass is 213 g/mol. The minimum absolute atomic E-state index is 0.397. The summed E-state index contributed by atoms with van der Waals surface area (Å²) in [5, 5.41) is 1.32. The van der Waals surface area contributed by atoms with Crippen molar-refractivity contribution in [1.82, 2.24) is 15.0 Å². The van der Waals surface area contributed by atoms with Gasteiger partial charge < -0.3 is 4.98 Å². The zero-order valence-electron chi connectivity index (χ0n) is 8.15. The molecule has 16 heavy (non-hydrogen) atoms. The molecule has 2 aromatic heterocycles. The number of aromatic amines is 2. The number of aromatic nitrogens is 3. The van der Waals surface area contributed by atoms with Crippen molar-refractivity contribution in [2.45, 2.75) is 0 Å². The number of H-pyrrole nitrogens is 2. The molecule has 0 fully saturated rings. The zero-order chi connectivity index (χ0) is 11.1. The van der Waals surface area contributed by atoms with Crippen LogP contribution in [0.25, 0.3) is 21.8 Å². The van der Waals surface area contributed by atoms with Crippen LogP contribution in [0.2, 0.25) is 0 Å². The number of nitrogens with zero attached hydrogens (tertiary/aromatic N) is 1. The van der Waals surface area contributed by atoms with Crippen molar-refractivity contribution in [2.75, 3.05) is 0 Å². The van der Waals surface area contributed by atoms with Crippen LogP contribution in [0.4, 0.5) is 0 Å². The molecule has 0 aliphatic heterocycles. The molecular formula is C11H7N3O2. The molecule has 0 aliphatic rings. The van der Waals surface area contributed by atoms with Gasteiger partial charge in [-0.1, -0.05) is 6.07 Å². The summed E-state index contributed by atoms with van der Waals surface area (Å²) in [6, 6.07) is 7.09. The first-order valence-corrected chi connectivity index (χ1v) is 4.75. The highest BCUT2D eigenvalue weighted by Crippen LogP contribution is 2.15. The summed E-state index contributed by atoms with van der Waals surface area (Å²) in [5.41, 5.74) is 0.355. The summed E-state index contributed by atoms with van der Waals surface area (Å²) in [4.78, 5) is 31.6. The first kappa shape index (κ1) is 8.84. The Morgan fingerprint density at radius 3 is 2.88 bits per heavy atom. The third-order valence-electron chi connectivity index (χ3n) is 2.46. The third kappa shape index (κ3) is 1.22. The lowest BCUT2D eigenvalue weighted by Crippen LogP contribution is -2.21. The van der Waals surface area contributed by atoms with Gasteiger partial charge in [-0.2, -0.15) is 0 Å². The van der Waals surface area contributed by atoms with Crippen LogP contribution in [0.5, 0.6) is 0 Å². The van der Waals surface area contributed by atoms with Gasteiger partial charge in [0.25, 0.3) is 5.56 Å². The predicted octanol–water partition coefficient (Wildman–Crippen LogP) is 0.765. The molecule has 0 amide bonds. The zero-order valence-corrected chi connectivity index (χ0v) is 8.15. The van der Waals surface area contributed by atoms with E-state index in [-0.39, 0.29) is 0 Å². The van der Waals surface area contributed by atoms with E-state index in [2.05, 4.69) is 15.0 Å². The largest absolute Gasteiger partial charge is 0.326 e. The standard InChI is InChI=1S/C11H7N3O2/c15-10-7-5-8-6(2-1-3-12-8)4-9(7)13-11(16)14-10/h1-5H,(H2,13,14,15,16). The molecule has 0 aliphatic carbocycles.